The first-order valence-electron chi connectivity index (χ1n) is 14.8. The first kappa shape index (κ1) is 28.6. The number of rotatable bonds is 11. The lowest BCUT2D eigenvalue weighted by Gasteiger charge is -2.31. The van der Waals surface area contributed by atoms with Crippen LogP contribution in [0.3, 0.4) is 0 Å². The molecule has 0 spiro atoms. The van der Waals surface area contributed by atoms with Crippen molar-refractivity contribution in [2.45, 2.75) is 83.0 Å². The van der Waals surface area contributed by atoms with Gasteiger partial charge in [-0.1, -0.05) is 86.6 Å². The summed E-state index contributed by atoms with van der Waals surface area (Å²) in [5, 5.41) is 6.75. The van der Waals surface area contributed by atoms with Gasteiger partial charge in [-0.3, -0.25) is 24.6 Å². The average Bonchev–Trinajstić information content (AvgIpc) is 3.28. The van der Waals surface area contributed by atoms with Crippen molar-refractivity contribution in [1.82, 2.24) is 10.6 Å². The quantitative estimate of drug-likeness (QED) is 0.315. The lowest BCUT2D eigenvalue weighted by atomic mass is 9.89. The molecular formula is C34H40N4O3. The molecule has 0 aromatic heterocycles. The van der Waals surface area contributed by atoms with Crippen molar-refractivity contribution in [1.29, 1.82) is 0 Å². The minimum atomic E-state index is -0.719. The number of hydrogen-bond donors (Lipinski definition) is 3. The molecule has 2 aliphatic heterocycles. The molecule has 7 nitrogen and oxygen atoms in total. The molecule has 3 amide bonds. The van der Waals surface area contributed by atoms with Crippen LogP contribution in [0.1, 0.15) is 85.7 Å². The molecule has 2 heterocycles. The van der Waals surface area contributed by atoms with Crippen molar-refractivity contribution < 1.29 is 14.4 Å². The molecule has 214 valence electrons. The van der Waals surface area contributed by atoms with Crippen molar-refractivity contribution in [3.8, 4) is 0 Å². The maximum atomic E-state index is 14.0. The summed E-state index contributed by atoms with van der Waals surface area (Å²) in [7, 11) is 0. The van der Waals surface area contributed by atoms with Gasteiger partial charge in [-0.15, -0.1) is 0 Å². The molecule has 3 unspecified atom stereocenters. The highest BCUT2D eigenvalue weighted by atomic mass is 16.2. The van der Waals surface area contributed by atoms with Crippen LogP contribution in [0.25, 0.3) is 0 Å². The Morgan fingerprint density at radius 1 is 0.976 bits per heavy atom. The summed E-state index contributed by atoms with van der Waals surface area (Å²) < 4.78 is 0. The summed E-state index contributed by atoms with van der Waals surface area (Å²) in [6.45, 7) is 4.40. The van der Waals surface area contributed by atoms with E-state index in [0.29, 0.717) is 18.8 Å². The summed E-state index contributed by atoms with van der Waals surface area (Å²) in [6.07, 6.45) is 3.67. The van der Waals surface area contributed by atoms with E-state index in [4.69, 9.17) is 5.73 Å². The van der Waals surface area contributed by atoms with Gasteiger partial charge < -0.3 is 11.1 Å². The first-order valence-corrected chi connectivity index (χ1v) is 14.8. The summed E-state index contributed by atoms with van der Waals surface area (Å²) >= 11 is 0. The van der Waals surface area contributed by atoms with Crippen molar-refractivity contribution in [3.63, 3.8) is 0 Å². The van der Waals surface area contributed by atoms with Crippen LogP contribution >= 0.6 is 0 Å². The topological polar surface area (TPSA) is 105 Å². The Morgan fingerprint density at radius 3 is 2.24 bits per heavy atom. The fourth-order valence-electron chi connectivity index (χ4n) is 6.22. The molecule has 3 aromatic carbocycles. The van der Waals surface area contributed by atoms with E-state index in [-0.39, 0.29) is 36.9 Å². The van der Waals surface area contributed by atoms with Crippen molar-refractivity contribution in [2.75, 3.05) is 4.90 Å². The Labute approximate surface area is 242 Å². The number of nitrogens with one attached hydrogen (secondary N) is 2. The molecule has 3 aromatic rings. The monoisotopic (exact) mass is 552 g/mol. The van der Waals surface area contributed by atoms with Crippen molar-refractivity contribution >= 4 is 23.4 Å². The Kier molecular flexibility index (Phi) is 8.84. The Bertz CT molecular complexity index is 1350. The maximum Gasteiger partial charge on any atom is 0.237 e. The third-order valence-electron chi connectivity index (χ3n) is 8.54. The Morgan fingerprint density at radius 2 is 1.63 bits per heavy atom. The predicted octanol–water partition coefficient (Wildman–Crippen LogP) is 4.88. The first-order chi connectivity index (χ1) is 19.9. The van der Waals surface area contributed by atoms with Crippen LogP contribution in [-0.4, -0.2) is 29.9 Å². The second-order valence-electron chi connectivity index (χ2n) is 11.3. The van der Waals surface area contributed by atoms with E-state index >= 15 is 0 Å². The van der Waals surface area contributed by atoms with Crippen LogP contribution in [0.5, 0.6) is 0 Å². The third-order valence-corrected chi connectivity index (χ3v) is 8.54. The molecule has 0 aliphatic carbocycles. The van der Waals surface area contributed by atoms with E-state index in [1.165, 1.54) is 16.7 Å². The fraction of sp³-hybridized carbons (Fsp3) is 0.382. The molecule has 41 heavy (non-hydrogen) atoms. The SMILES string of the molecule is CCC(C)c1ccc2c3c1CC(NC(CCC(N)=O)C(=O)NC(c1ccccc1)c1ccccc1)N3C(=O)CCC2. The minimum Gasteiger partial charge on any atom is -0.370 e. The standard InChI is InChI=1S/C34H40N4O3/c1-3-22(2)26-18-17-25-15-10-16-31(40)38-30(21-27(26)33(25)38)36-28(19-20-29(35)39)34(41)37-32(23-11-6-4-7-12-23)24-13-8-5-9-14-24/h4-9,11-14,17-18,22,28,30,32,36H,3,10,15-16,19-21H2,1-2H3,(H2,35,39)(H,37,41). The molecule has 0 radical (unpaired) electrons. The number of carbonyl (C=O) groups excluding carboxylic acids is 3. The lowest BCUT2D eigenvalue weighted by molar-refractivity contribution is -0.125. The van der Waals surface area contributed by atoms with Gasteiger partial charge in [-0.25, -0.2) is 0 Å². The Balaban J connectivity index is 1.46. The number of carbonyl (C=O) groups is 3. The fourth-order valence-corrected chi connectivity index (χ4v) is 6.22. The van der Waals surface area contributed by atoms with Gasteiger partial charge in [0.1, 0.15) is 0 Å². The molecule has 2 aliphatic rings. The number of nitrogens with two attached hydrogens (primary N) is 1. The number of hydrogen-bond acceptors (Lipinski definition) is 4. The molecule has 0 fully saturated rings. The van der Waals surface area contributed by atoms with Gasteiger partial charge >= 0.3 is 0 Å². The molecule has 7 heteroatoms. The van der Waals surface area contributed by atoms with Gasteiger partial charge in [0.05, 0.1) is 23.9 Å². The zero-order chi connectivity index (χ0) is 28.9. The number of benzene rings is 3. The second-order valence-corrected chi connectivity index (χ2v) is 11.3. The van der Waals surface area contributed by atoms with E-state index < -0.39 is 11.9 Å². The highest BCUT2D eigenvalue weighted by Crippen LogP contribution is 2.42. The number of amides is 3. The van der Waals surface area contributed by atoms with E-state index in [1.54, 1.807) is 0 Å². The molecule has 3 atom stereocenters. The highest BCUT2D eigenvalue weighted by molar-refractivity contribution is 5.98. The van der Waals surface area contributed by atoms with Gasteiger partial charge in [-0.2, -0.15) is 0 Å². The van der Waals surface area contributed by atoms with Crippen LogP contribution < -0.4 is 21.3 Å². The zero-order valence-corrected chi connectivity index (χ0v) is 23.9. The van der Waals surface area contributed by atoms with Crippen LogP contribution in [0, 0.1) is 0 Å². The van der Waals surface area contributed by atoms with Crippen LogP contribution in [-0.2, 0) is 27.2 Å². The number of nitrogens with zero attached hydrogens (tertiary/aromatic N) is 1. The third kappa shape index (κ3) is 6.20. The summed E-state index contributed by atoms with van der Waals surface area (Å²) in [4.78, 5) is 41.2. The van der Waals surface area contributed by atoms with Crippen LogP contribution in [0.4, 0.5) is 5.69 Å². The van der Waals surface area contributed by atoms with E-state index in [2.05, 4.69) is 36.6 Å². The smallest absolute Gasteiger partial charge is 0.237 e. The van der Waals surface area contributed by atoms with Gasteiger partial charge in [-0.05, 0) is 59.4 Å². The van der Waals surface area contributed by atoms with Gasteiger partial charge in [0.2, 0.25) is 17.7 Å². The van der Waals surface area contributed by atoms with Crippen molar-refractivity contribution in [3.05, 3.63) is 101 Å². The highest BCUT2D eigenvalue weighted by Gasteiger charge is 2.40. The lowest BCUT2D eigenvalue weighted by Crippen LogP contribution is -2.55. The summed E-state index contributed by atoms with van der Waals surface area (Å²) in [5.74, 6) is -0.263. The molecule has 0 saturated heterocycles. The number of aryl methyl sites for hydroxylation is 1. The summed E-state index contributed by atoms with van der Waals surface area (Å²) in [6, 6.07) is 23.0. The Hall–Kier alpha value is -3.97. The van der Waals surface area contributed by atoms with E-state index in [1.807, 2.05) is 65.6 Å². The maximum absolute atomic E-state index is 14.0. The number of primary amides is 1. The van der Waals surface area contributed by atoms with E-state index in [9.17, 15) is 14.4 Å². The molecule has 0 saturated carbocycles. The number of anilines is 1. The second kappa shape index (κ2) is 12.7. The summed E-state index contributed by atoms with van der Waals surface area (Å²) in [5.41, 5.74) is 12.1. The predicted molar refractivity (Wildman–Crippen MR) is 161 cm³/mol. The van der Waals surface area contributed by atoms with Gasteiger partial charge in [0.15, 0.2) is 0 Å². The zero-order valence-electron chi connectivity index (χ0n) is 23.9. The molecule has 0 bridgehead atoms. The van der Waals surface area contributed by atoms with Crippen LogP contribution in [0.2, 0.25) is 0 Å². The van der Waals surface area contributed by atoms with Crippen LogP contribution in [0.15, 0.2) is 72.8 Å². The largest absolute Gasteiger partial charge is 0.370 e. The molecule has 4 N–H and O–H groups in total. The van der Waals surface area contributed by atoms with Crippen molar-refractivity contribution in [2.24, 2.45) is 5.73 Å². The molecular weight excluding hydrogens is 512 g/mol. The van der Waals surface area contributed by atoms with Gasteiger partial charge in [0.25, 0.3) is 0 Å². The van der Waals surface area contributed by atoms with Gasteiger partial charge in [0, 0.05) is 19.3 Å². The van der Waals surface area contributed by atoms with E-state index in [0.717, 1.165) is 36.1 Å². The minimum absolute atomic E-state index is 0.0589. The average molecular weight is 553 g/mol. The normalized spacial score (nSPS) is 17.6. The molecule has 5 rings (SSSR count).